The lowest BCUT2D eigenvalue weighted by molar-refractivity contribution is 0.174. The van der Waals surface area contributed by atoms with Crippen molar-refractivity contribution in [2.75, 3.05) is 6.79 Å². The minimum atomic E-state index is -0.102. The molecule has 0 amide bonds. The summed E-state index contributed by atoms with van der Waals surface area (Å²) in [6.07, 6.45) is 0. The maximum Gasteiger partial charge on any atom is 0.260 e. The summed E-state index contributed by atoms with van der Waals surface area (Å²) >= 11 is 3.13. The van der Waals surface area contributed by atoms with E-state index in [0.717, 1.165) is 32.3 Å². The van der Waals surface area contributed by atoms with Crippen LogP contribution < -0.4 is 20.3 Å². The lowest BCUT2D eigenvalue weighted by atomic mass is 10.2. The molecule has 0 fully saturated rings. The van der Waals surface area contributed by atoms with Crippen LogP contribution in [0.1, 0.15) is 24.4 Å². The van der Waals surface area contributed by atoms with E-state index in [-0.39, 0.29) is 18.4 Å². The summed E-state index contributed by atoms with van der Waals surface area (Å²) in [4.78, 5) is 22.2. The van der Waals surface area contributed by atoms with Crippen LogP contribution in [-0.4, -0.2) is 16.8 Å². The average molecular weight is 412 g/mol. The Kier molecular flexibility index (Phi) is 4.38. The highest BCUT2D eigenvalue weighted by Gasteiger charge is 2.17. The zero-order chi connectivity index (χ0) is 19.1. The third kappa shape index (κ3) is 3.09. The average Bonchev–Trinajstić information content (AvgIpc) is 3.44. The molecular formula is C20H17N3O3S2. The molecule has 1 aromatic carbocycles. The van der Waals surface area contributed by atoms with Crippen LogP contribution >= 0.6 is 22.7 Å². The normalized spacial score (nSPS) is 13.9. The molecule has 0 unspecified atom stereocenters. The minimum absolute atomic E-state index is 0.0959. The molecule has 28 heavy (non-hydrogen) atoms. The SMILES string of the molecule is C[C@@H](NCc1ccc2c(c1)OCO2)c1nc2scc(-c3cccs3)c2c(=O)[nH]1. The number of nitrogens with zero attached hydrogens (tertiary/aromatic N) is 1. The van der Waals surface area contributed by atoms with E-state index in [1.54, 1.807) is 11.3 Å². The highest BCUT2D eigenvalue weighted by atomic mass is 32.1. The zero-order valence-electron chi connectivity index (χ0n) is 15.0. The van der Waals surface area contributed by atoms with Gasteiger partial charge < -0.3 is 19.8 Å². The lowest BCUT2D eigenvalue weighted by Gasteiger charge is -2.13. The first-order chi connectivity index (χ1) is 13.7. The minimum Gasteiger partial charge on any atom is -0.454 e. The first-order valence-corrected chi connectivity index (χ1v) is 10.6. The molecule has 142 valence electrons. The second kappa shape index (κ2) is 7.05. The van der Waals surface area contributed by atoms with E-state index in [1.165, 1.54) is 11.3 Å². The molecule has 0 bridgehead atoms. The summed E-state index contributed by atoms with van der Waals surface area (Å²) in [7, 11) is 0. The lowest BCUT2D eigenvalue weighted by Crippen LogP contribution is -2.23. The van der Waals surface area contributed by atoms with Crippen LogP contribution in [0.15, 0.2) is 45.9 Å². The van der Waals surface area contributed by atoms with Gasteiger partial charge in [-0.05, 0) is 36.1 Å². The van der Waals surface area contributed by atoms with E-state index in [2.05, 4.69) is 10.3 Å². The van der Waals surface area contributed by atoms with Crippen molar-refractivity contribution in [3.63, 3.8) is 0 Å². The van der Waals surface area contributed by atoms with Crippen LogP contribution in [0.2, 0.25) is 0 Å². The van der Waals surface area contributed by atoms with Crippen LogP contribution in [0, 0.1) is 0 Å². The van der Waals surface area contributed by atoms with Crippen LogP contribution in [0.25, 0.3) is 20.7 Å². The quantitative estimate of drug-likeness (QED) is 0.512. The van der Waals surface area contributed by atoms with Crippen LogP contribution in [0.3, 0.4) is 0 Å². The van der Waals surface area contributed by atoms with Crippen LogP contribution in [-0.2, 0) is 6.54 Å². The first kappa shape index (κ1) is 17.4. The third-order valence-corrected chi connectivity index (χ3v) is 6.48. The predicted octanol–water partition coefficient (Wildman–Crippen LogP) is 4.29. The van der Waals surface area contributed by atoms with Gasteiger partial charge >= 0.3 is 0 Å². The van der Waals surface area contributed by atoms with Gasteiger partial charge in [0.2, 0.25) is 6.79 Å². The van der Waals surface area contributed by atoms with Gasteiger partial charge in [-0.25, -0.2) is 4.98 Å². The number of benzene rings is 1. The summed E-state index contributed by atoms with van der Waals surface area (Å²) in [6.45, 7) is 2.89. The molecule has 2 N–H and O–H groups in total. The number of rotatable bonds is 5. The fourth-order valence-corrected chi connectivity index (χ4v) is 4.97. The molecule has 6 nitrogen and oxygen atoms in total. The monoisotopic (exact) mass is 411 g/mol. The summed E-state index contributed by atoms with van der Waals surface area (Å²) in [5.41, 5.74) is 1.94. The molecule has 5 rings (SSSR count). The van der Waals surface area contributed by atoms with E-state index in [9.17, 15) is 4.79 Å². The molecule has 1 aliphatic heterocycles. The number of ether oxygens (including phenoxy) is 2. The molecule has 3 aromatic heterocycles. The van der Waals surface area contributed by atoms with Crippen LogP contribution in [0.4, 0.5) is 0 Å². The molecule has 8 heteroatoms. The van der Waals surface area contributed by atoms with Crippen molar-refractivity contribution in [3.8, 4) is 21.9 Å². The molecule has 0 spiro atoms. The van der Waals surface area contributed by atoms with Crippen molar-refractivity contribution in [3.05, 3.63) is 62.8 Å². The second-order valence-corrected chi connectivity index (χ2v) is 8.35. The van der Waals surface area contributed by atoms with Gasteiger partial charge in [0.1, 0.15) is 10.7 Å². The summed E-state index contributed by atoms with van der Waals surface area (Å²) in [5.74, 6) is 2.17. The summed E-state index contributed by atoms with van der Waals surface area (Å²) < 4.78 is 10.8. The third-order valence-electron chi connectivity index (χ3n) is 4.71. The Morgan fingerprint density at radius 2 is 2.14 bits per heavy atom. The van der Waals surface area contributed by atoms with Gasteiger partial charge in [0.05, 0.1) is 11.4 Å². The maximum absolute atomic E-state index is 12.7. The Balaban J connectivity index is 1.38. The number of thiophene rings is 2. The van der Waals surface area contributed by atoms with Crippen molar-refractivity contribution in [2.24, 2.45) is 0 Å². The van der Waals surface area contributed by atoms with Crippen molar-refractivity contribution in [1.82, 2.24) is 15.3 Å². The van der Waals surface area contributed by atoms with Crippen molar-refractivity contribution >= 4 is 32.9 Å². The van der Waals surface area contributed by atoms with Gasteiger partial charge in [-0.1, -0.05) is 12.1 Å². The molecule has 1 aliphatic rings. The second-order valence-electron chi connectivity index (χ2n) is 6.55. The molecule has 0 radical (unpaired) electrons. The molecule has 0 aliphatic carbocycles. The molecule has 1 atom stereocenters. The highest BCUT2D eigenvalue weighted by Crippen LogP contribution is 2.34. The van der Waals surface area contributed by atoms with Gasteiger partial charge in [0.15, 0.2) is 11.5 Å². The number of H-pyrrole nitrogens is 1. The number of nitrogens with one attached hydrogen (secondary N) is 2. The zero-order valence-corrected chi connectivity index (χ0v) is 16.7. The van der Waals surface area contributed by atoms with E-state index in [0.29, 0.717) is 17.8 Å². The fourth-order valence-electron chi connectivity index (χ4n) is 3.20. The number of fused-ring (bicyclic) bond motifs is 2. The number of aromatic amines is 1. The Morgan fingerprint density at radius 3 is 3.00 bits per heavy atom. The summed E-state index contributed by atoms with van der Waals surface area (Å²) in [6, 6.07) is 9.78. The first-order valence-electron chi connectivity index (χ1n) is 8.86. The topological polar surface area (TPSA) is 76.2 Å². The van der Waals surface area contributed by atoms with Gasteiger partial charge in [0, 0.05) is 22.4 Å². The van der Waals surface area contributed by atoms with E-state index < -0.39 is 0 Å². The Morgan fingerprint density at radius 1 is 1.25 bits per heavy atom. The standard InChI is InChI=1S/C20H17N3O3S2/c1-11(21-8-12-4-5-14-15(7-12)26-10-25-14)18-22-19(24)17-13(9-28-20(17)23-18)16-3-2-6-27-16/h2-7,9,11,21H,8,10H2,1H3,(H,22,23,24)/t11-/m1/s1. The van der Waals surface area contributed by atoms with Gasteiger partial charge in [-0.15, -0.1) is 22.7 Å². The number of hydrogen-bond donors (Lipinski definition) is 2. The predicted molar refractivity (Wildman–Crippen MR) is 111 cm³/mol. The largest absolute Gasteiger partial charge is 0.454 e. The molecule has 4 heterocycles. The number of aromatic nitrogens is 2. The van der Waals surface area contributed by atoms with Gasteiger partial charge in [-0.3, -0.25) is 4.79 Å². The smallest absolute Gasteiger partial charge is 0.260 e. The van der Waals surface area contributed by atoms with Crippen molar-refractivity contribution in [2.45, 2.75) is 19.5 Å². The Labute approximate surface area is 168 Å². The van der Waals surface area contributed by atoms with Gasteiger partial charge in [-0.2, -0.15) is 0 Å². The van der Waals surface area contributed by atoms with Crippen molar-refractivity contribution in [1.29, 1.82) is 0 Å². The van der Waals surface area contributed by atoms with E-state index in [4.69, 9.17) is 14.5 Å². The molecule has 0 saturated carbocycles. The summed E-state index contributed by atoms with van der Waals surface area (Å²) in [5, 5.41) is 8.09. The Bertz CT molecular complexity index is 1200. The molecular weight excluding hydrogens is 394 g/mol. The highest BCUT2D eigenvalue weighted by molar-refractivity contribution is 7.18. The molecule has 0 saturated heterocycles. The van der Waals surface area contributed by atoms with E-state index in [1.807, 2.05) is 48.0 Å². The van der Waals surface area contributed by atoms with Crippen molar-refractivity contribution < 1.29 is 9.47 Å². The Hall–Kier alpha value is -2.68. The maximum atomic E-state index is 12.7. The van der Waals surface area contributed by atoms with Gasteiger partial charge in [0.25, 0.3) is 5.56 Å². The fraction of sp³-hybridized carbons (Fsp3) is 0.200. The van der Waals surface area contributed by atoms with E-state index >= 15 is 0 Å². The van der Waals surface area contributed by atoms with Crippen LogP contribution in [0.5, 0.6) is 11.5 Å². The molecule has 4 aromatic rings. The number of hydrogen-bond acceptors (Lipinski definition) is 7.